The van der Waals surface area contributed by atoms with Gasteiger partial charge in [-0.1, -0.05) is 29.4 Å². The summed E-state index contributed by atoms with van der Waals surface area (Å²) >= 11 is 1.65. The molecule has 1 saturated heterocycles. The second-order valence-electron chi connectivity index (χ2n) is 7.96. The number of aryl methyl sites for hydroxylation is 2. The SMILES string of the molecule is Cc1noc(C)c1CSc1ccccc1C(=O)N1CCN(Cc2ccc(C#N)cc2)CC1. The van der Waals surface area contributed by atoms with Crippen molar-refractivity contribution in [2.45, 2.75) is 31.0 Å². The third kappa shape index (κ3) is 5.04. The molecule has 0 bridgehead atoms. The molecule has 1 aliphatic rings. The maximum Gasteiger partial charge on any atom is 0.255 e. The number of nitrogens with zero attached hydrogens (tertiary/aromatic N) is 4. The number of aromatic nitrogens is 1. The Labute approximate surface area is 192 Å². The Hall–Kier alpha value is -3.08. The molecule has 0 aliphatic carbocycles. The van der Waals surface area contributed by atoms with Crippen LogP contribution >= 0.6 is 11.8 Å². The standard InChI is InChI=1S/C25H26N4O2S/c1-18-23(19(2)31-27-18)17-32-24-6-4-3-5-22(24)25(30)29-13-11-28(12-14-29)16-21-9-7-20(15-26)8-10-21/h3-10H,11-14,16-17H2,1-2H3. The highest BCUT2D eigenvalue weighted by molar-refractivity contribution is 7.98. The Morgan fingerprint density at radius 3 is 2.47 bits per heavy atom. The van der Waals surface area contributed by atoms with Crippen LogP contribution in [0.1, 0.15) is 38.5 Å². The minimum atomic E-state index is 0.0879. The molecule has 6 nitrogen and oxygen atoms in total. The van der Waals surface area contributed by atoms with Gasteiger partial charge in [-0.25, -0.2) is 0 Å². The lowest BCUT2D eigenvalue weighted by atomic mass is 10.1. The van der Waals surface area contributed by atoms with Crippen molar-refractivity contribution >= 4 is 17.7 Å². The van der Waals surface area contributed by atoms with Crippen LogP contribution in [-0.4, -0.2) is 47.0 Å². The van der Waals surface area contributed by atoms with Gasteiger partial charge in [-0.2, -0.15) is 5.26 Å². The predicted octanol–water partition coefficient (Wildman–Crippen LogP) is 4.41. The van der Waals surface area contributed by atoms with E-state index in [9.17, 15) is 4.79 Å². The van der Waals surface area contributed by atoms with E-state index >= 15 is 0 Å². The first-order chi connectivity index (χ1) is 15.5. The molecule has 0 spiro atoms. The number of hydrogen-bond acceptors (Lipinski definition) is 6. The van der Waals surface area contributed by atoms with Crippen LogP contribution in [0.5, 0.6) is 0 Å². The minimum Gasteiger partial charge on any atom is -0.361 e. The van der Waals surface area contributed by atoms with Gasteiger partial charge in [0.25, 0.3) is 5.91 Å². The fourth-order valence-corrected chi connectivity index (χ4v) is 5.05. The van der Waals surface area contributed by atoms with Gasteiger partial charge >= 0.3 is 0 Å². The molecule has 164 valence electrons. The Bertz CT molecular complexity index is 1110. The summed E-state index contributed by atoms with van der Waals surface area (Å²) in [4.78, 5) is 18.6. The number of amides is 1. The monoisotopic (exact) mass is 446 g/mol. The second kappa shape index (κ2) is 10.0. The quantitative estimate of drug-likeness (QED) is 0.522. The topological polar surface area (TPSA) is 73.4 Å². The van der Waals surface area contributed by atoms with Crippen molar-refractivity contribution in [1.29, 1.82) is 5.26 Å². The van der Waals surface area contributed by atoms with E-state index in [0.29, 0.717) is 18.7 Å². The van der Waals surface area contributed by atoms with Gasteiger partial charge in [0.1, 0.15) is 5.76 Å². The molecule has 0 unspecified atom stereocenters. The van der Waals surface area contributed by atoms with Gasteiger partial charge < -0.3 is 9.42 Å². The Morgan fingerprint density at radius 1 is 1.09 bits per heavy atom. The Morgan fingerprint density at radius 2 is 1.81 bits per heavy atom. The normalized spacial score (nSPS) is 14.3. The summed E-state index contributed by atoms with van der Waals surface area (Å²) < 4.78 is 5.26. The zero-order valence-corrected chi connectivity index (χ0v) is 19.2. The van der Waals surface area contributed by atoms with Crippen molar-refractivity contribution < 1.29 is 9.32 Å². The van der Waals surface area contributed by atoms with Gasteiger partial charge in [0.05, 0.1) is 22.9 Å². The van der Waals surface area contributed by atoms with Gasteiger partial charge in [0.15, 0.2) is 0 Å². The second-order valence-corrected chi connectivity index (χ2v) is 8.98. The zero-order chi connectivity index (χ0) is 22.5. The third-order valence-corrected chi connectivity index (χ3v) is 6.92. The van der Waals surface area contributed by atoms with Crippen molar-refractivity contribution in [1.82, 2.24) is 15.0 Å². The van der Waals surface area contributed by atoms with Crippen LogP contribution in [0.25, 0.3) is 0 Å². The fraction of sp³-hybridized carbons (Fsp3) is 0.320. The maximum absolute atomic E-state index is 13.3. The molecular weight excluding hydrogens is 420 g/mol. The van der Waals surface area contributed by atoms with Crippen LogP contribution in [0.2, 0.25) is 0 Å². The molecule has 32 heavy (non-hydrogen) atoms. The molecule has 0 atom stereocenters. The van der Waals surface area contributed by atoms with Crippen LogP contribution in [0.4, 0.5) is 0 Å². The lowest BCUT2D eigenvalue weighted by Crippen LogP contribution is -2.48. The van der Waals surface area contributed by atoms with Gasteiger partial charge in [-0.15, -0.1) is 11.8 Å². The molecule has 4 rings (SSSR count). The van der Waals surface area contributed by atoms with Gasteiger partial charge in [0, 0.05) is 48.9 Å². The van der Waals surface area contributed by atoms with Crippen LogP contribution in [0, 0.1) is 25.2 Å². The van der Waals surface area contributed by atoms with Crippen LogP contribution < -0.4 is 0 Å². The number of carbonyl (C=O) groups is 1. The van der Waals surface area contributed by atoms with Gasteiger partial charge in [0.2, 0.25) is 0 Å². The van der Waals surface area contributed by atoms with Crippen molar-refractivity contribution in [3.05, 3.63) is 82.2 Å². The first kappa shape index (κ1) is 22.1. The maximum atomic E-state index is 13.3. The minimum absolute atomic E-state index is 0.0879. The van der Waals surface area contributed by atoms with Crippen molar-refractivity contribution in [3.63, 3.8) is 0 Å². The van der Waals surface area contributed by atoms with E-state index in [1.807, 2.05) is 67.3 Å². The molecule has 1 aliphatic heterocycles. The molecule has 3 aromatic rings. The summed E-state index contributed by atoms with van der Waals surface area (Å²) in [6.07, 6.45) is 0. The Balaban J connectivity index is 1.36. The number of thioether (sulfide) groups is 1. The zero-order valence-electron chi connectivity index (χ0n) is 18.4. The molecule has 7 heteroatoms. The fourth-order valence-electron chi connectivity index (χ4n) is 3.85. The number of benzene rings is 2. The number of piperazine rings is 1. The molecular formula is C25H26N4O2S. The molecule has 2 aromatic carbocycles. The number of carbonyl (C=O) groups excluding carboxylic acids is 1. The van der Waals surface area contributed by atoms with Gasteiger partial charge in [-0.3, -0.25) is 9.69 Å². The highest BCUT2D eigenvalue weighted by atomic mass is 32.2. The van der Waals surface area contributed by atoms with E-state index in [0.717, 1.165) is 52.9 Å². The third-order valence-electron chi connectivity index (χ3n) is 5.82. The predicted molar refractivity (Wildman–Crippen MR) is 124 cm³/mol. The molecule has 1 fully saturated rings. The summed E-state index contributed by atoms with van der Waals surface area (Å²) in [5.41, 5.74) is 4.61. The van der Waals surface area contributed by atoms with Crippen LogP contribution in [-0.2, 0) is 12.3 Å². The lowest BCUT2D eigenvalue weighted by molar-refractivity contribution is 0.0625. The molecule has 2 heterocycles. The highest BCUT2D eigenvalue weighted by Crippen LogP contribution is 2.29. The summed E-state index contributed by atoms with van der Waals surface area (Å²) in [5.74, 6) is 1.64. The molecule has 1 amide bonds. The van der Waals surface area contributed by atoms with E-state index < -0.39 is 0 Å². The lowest BCUT2D eigenvalue weighted by Gasteiger charge is -2.35. The molecule has 1 aromatic heterocycles. The smallest absolute Gasteiger partial charge is 0.255 e. The average Bonchev–Trinajstić information content (AvgIpc) is 3.15. The summed E-state index contributed by atoms with van der Waals surface area (Å²) in [5, 5.41) is 13.0. The van der Waals surface area contributed by atoms with Crippen molar-refractivity contribution in [2.24, 2.45) is 0 Å². The van der Waals surface area contributed by atoms with Crippen molar-refractivity contribution in [3.8, 4) is 6.07 Å². The van der Waals surface area contributed by atoms with E-state index in [-0.39, 0.29) is 5.91 Å². The molecule has 0 radical (unpaired) electrons. The highest BCUT2D eigenvalue weighted by Gasteiger charge is 2.24. The van der Waals surface area contributed by atoms with Gasteiger partial charge in [-0.05, 0) is 43.7 Å². The molecule has 0 saturated carbocycles. The largest absolute Gasteiger partial charge is 0.361 e. The van der Waals surface area contributed by atoms with E-state index in [2.05, 4.69) is 16.1 Å². The average molecular weight is 447 g/mol. The number of hydrogen-bond donors (Lipinski definition) is 0. The first-order valence-electron chi connectivity index (χ1n) is 10.7. The van der Waals surface area contributed by atoms with Crippen LogP contribution in [0.15, 0.2) is 57.9 Å². The van der Waals surface area contributed by atoms with E-state index in [1.54, 1.807) is 11.8 Å². The van der Waals surface area contributed by atoms with Crippen molar-refractivity contribution in [2.75, 3.05) is 26.2 Å². The van der Waals surface area contributed by atoms with E-state index in [1.165, 1.54) is 5.56 Å². The summed E-state index contributed by atoms with van der Waals surface area (Å²) in [7, 11) is 0. The Kier molecular flexibility index (Phi) is 6.93. The number of nitriles is 1. The van der Waals surface area contributed by atoms with E-state index in [4.69, 9.17) is 9.78 Å². The number of rotatable bonds is 6. The first-order valence-corrected chi connectivity index (χ1v) is 11.7. The van der Waals surface area contributed by atoms with Crippen LogP contribution in [0.3, 0.4) is 0 Å². The summed E-state index contributed by atoms with van der Waals surface area (Å²) in [6.45, 7) is 7.78. The summed E-state index contributed by atoms with van der Waals surface area (Å²) in [6, 6.07) is 17.7. The molecule has 0 N–H and O–H groups in total.